The number of nitrogens with zero attached hydrogens (tertiary/aromatic N) is 2. The van der Waals surface area contributed by atoms with Gasteiger partial charge in [0.15, 0.2) is 6.61 Å². The molecule has 29 heavy (non-hydrogen) atoms. The molecule has 154 valence electrons. The van der Waals surface area contributed by atoms with Crippen LogP contribution in [0.5, 0.6) is 0 Å². The van der Waals surface area contributed by atoms with Crippen molar-refractivity contribution in [3.63, 3.8) is 0 Å². The van der Waals surface area contributed by atoms with Gasteiger partial charge in [-0.1, -0.05) is 31.2 Å². The van der Waals surface area contributed by atoms with E-state index in [1.807, 2.05) is 24.3 Å². The van der Waals surface area contributed by atoms with Gasteiger partial charge in [0.05, 0.1) is 5.69 Å². The Kier molecular flexibility index (Phi) is 6.64. The third kappa shape index (κ3) is 4.82. The van der Waals surface area contributed by atoms with E-state index in [4.69, 9.17) is 10.5 Å². The summed E-state index contributed by atoms with van der Waals surface area (Å²) in [5.41, 5.74) is 8.12. The summed E-state index contributed by atoms with van der Waals surface area (Å²) in [5, 5.41) is 0.730. The quantitative estimate of drug-likeness (QED) is 0.731. The lowest BCUT2D eigenvalue weighted by atomic mass is 10.0. The maximum absolute atomic E-state index is 12.5. The molecule has 0 bridgehead atoms. The fourth-order valence-corrected chi connectivity index (χ4v) is 4.36. The number of piperidine rings is 1. The Morgan fingerprint density at radius 3 is 2.62 bits per heavy atom. The normalized spacial score (nSPS) is 16.5. The van der Waals surface area contributed by atoms with Crippen LogP contribution in [0.4, 0.5) is 0 Å². The third-order valence-corrected chi connectivity index (χ3v) is 6.26. The molecule has 1 atom stereocenters. The van der Waals surface area contributed by atoms with E-state index in [-0.39, 0.29) is 0 Å². The van der Waals surface area contributed by atoms with E-state index in [0.29, 0.717) is 23.5 Å². The lowest BCUT2D eigenvalue weighted by molar-refractivity contribution is -0.143. The number of rotatable bonds is 6. The second kappa shape index (κ2) is 9.17. The molecule has 2 heterocycles. The van der Waals surface area contributed by atoms with Crippen LogP contribution in [0.2, 0.25) is 0 Å². The summed E-state index contributed by atoms with van der Waals surface area (Å²) in [6.07, 6.45) is 3.15. The molecule has 0 aliphatic carbocycles. The van der Waals surface area contributed by atoms with Crippen molar-refractivity contribution in [2.75, 3.05) is 13.2 Å². The van der Waals surface area contributed by atoms with Gasteiger partial charge in [-0.2, -0.15) is 0 Å². The standard InChI is InChI=1S/C21H25N3O4S/c1-3-14-7-9-15(10-8-14)20-23-13(2)18(29-20)21(27)28-12-17(25)24-11-5-4-6-16(24)19(22)26/h7-10,16H,3-6,11-12H2,1-2H3,(H2,22,26)/t16-/m0/s1. The molecule has 1 aliphatic rings. The largest absolute Gasteiger partial charge is 0.451 e. The average molecular weight is 416 g/mol. The molecule has 7 nitrogen and oxygen atoms in total. The Balaban J connectivity index is 1.65. The Bertz CT molecular complexity index is 907. The van der Waals surface area contributed by atoms with Crippen LogP contribution in [0.3, 0.4) is 0 Å². The molecule has 3 rings (SSSR count). The summed E-state index contributed by atoms with van der Waals surface area (Å²) in [7, 11) is 0. The number of thiazole rings is 1. The number of likely N-dealkylation sites (tertiary alicyclic amines) is 1. The molecule has 1 aliphatic heterocycles. The summed E-state index contributed by atoms with van der Waals surface area (Å²) in [4.78, 5) is 42.8. The predicted molar refractivity (Wildman–Crippen MR) is 110 cm³/mol. The molecule has 2 N–H and O–H groups in total. The number of ether oxygens (including phenoxy) is 1. The first kappa shape index (κ1) is 21.0. The number of carbonyl (C=O) groups excluding carboxylic acids is 3. The van der Waals surface area contributed by atoms with Crippen LogP contribution in [-0.4, -0.2) is 46.9 Å². The van der Waals surface area contributed by atoms with Crippen molar-refractivity contribution in [1.82, 2.24) is 9.88 Å². The highest BCUT2D eigenvalue weighted by Gasteiger charge is 2.31. The van der Waals surface area contributed by atoms with Crippen LogP contribution in [0, 0.1) is 6.92 Å². The number of benzene rings is 1. The van der Waals surface area contributed by atoms with Crippen molar-refractivity contribution < 1.29 is 19.1 Å². The summed E-state index contributed by atoms with van der Waals surface area (Å²) in [6, 6.07) is 7.41. The second-order valence-corrected chi connectivity index (χ2v) is 8.06. The topological polar surface area (TPSA) is 103 Å². The first-order valence-electron chi connectivity index (χ1n) is 9.73. The van der Waals surface area contributed by atoms with Crippen molar-refractivity contribution in [2.24, 2.45) is 5.73 Å². The van der Waals surface area contributed by atoms with E-state index >= 15 is 0 Å². The SMILES string of the molecule is CCc1ccc(-c2nc(C)c(C(=O)OCC(=O)N3CCCC[C@H]3C(N)=O)s2)cc1. The van der Waals surface area contributed by atoms with Crippen LogP contribution in [0.25, 0.3) is 10.6 Å². The zero-order valence-electron chi connectivity index (χ0n) is 16.6. The van der Waals surface area contributed by atoms with Crippen molar-refractivity contribution in [3.8, 4) is 10.6 Å². The van der Waals surface area contributed by atoms with Crippen LogP contribution < -0.4 is 5.73 Å². The molecule has 1 saturated heterocycles. The minimum absolute atomic E-state index is 0.373. The Morgan fingerprint density at radius 1 is 1.24 bits per heavy atom. The van der Waals surface area contributed by atoms with Crippen LogP contribution in [0.15, 0.2) is 24.3 Å². The minimum atomic E-state index is -0.627. The summed E-state index contributed by atoms with van der Waals surface area (Å²) < 4.78 is 5.23. The van der Waals surface area contributed by atoms with E-state index < -0.39 is 30.4 Å². The highest BCUT2D eigenvalue weighted by Crippen LogP contribution is 2.29. The van der Waals surface area contributed by atoms with Crippen LogP contribution >= 0.6 is 11.3 Å². The molecule has 0 saturated carbocycles. The first-order chi connectivity index (χ1) is 13.9. The first-order valence-corrected chi connectivity index (χ1v) is 10.5. The van der Waals surface area contributed by atoms with Gasteiger partial charge in [0.1, 0.15) is 15.9 Å². The maximum atomic E-state index is 12.5. The van der Waals surface area contributed by atoms with Gasteiger partial charge in [0, 0.05) is 12.1 Å². The monoisotopic (exact) mass is 415 g/mol. The fraction of sp³-hybridized carbons (Fsp3) is 0.429. The van der Waals surface area contributed by atoms with Crippen molar-refractivity contribution in [2.45, 2.75) is 45.6 Å². The molecular formula is C21H25N3O4S. The summed E-state index contributed by atoms with van der Waals surface area (Å²) >= 11 is 1.24. The van der Waals surface area contributed by atoms with Gasteiger partial charge >= 0.3 is 5.97 Å². The number of hydrogen-bond acceptors (Lipinski definition) is 6. The molecule has 0 spiro atoms. The molecule has 0 unspecified atom stereocenters. The fourth-order valence-electron chi connectivity index (χ4n) is 3.39. The van der Waals surface area contributed by atoms with Crippen molar-refractivity contribution in [1.29, 1.82) is 0 Å². The highest BCUT2D eigenvalue weighted by atomic mass is 32.1. The van der Waals surface area contributed by atoms with Crippen molar-refractivity contribution in [3.05, 3.63) is 40.4 Å². The van der Waals surface area contributed by atoms with E-state index in [0.717, 1.165) is 29.8 Å². The number of esters is 1. The van der Waals surface area contributed by atoms with Crippen LogP contribution in [0.1, 0.15) is 47.1 Å². The van der Waals surface area contributed by atoms with Gasteiger partial charge in [-0.3, -0.25) is 9.59 Å². The maximum Gasteiger partial charge on any atom is 0.350 e. The minimum Gasteiger partial charge on any atom is -0.451 e. The summed E-state index contributed by atoms with van der Waals surface area (Å²) in [6.45, 7) is 3.86. The Hall–Kier alpha value is -2.74. The molecule has 8 heteroatoms. The number of primary amides is 1. The molecule has 2 amide bonds. The van der Waals surface area contributed by atoms with Gasteiger partial charge in [0.2, 0.25) is 5.91 Å². The van der Waals surface area contributed by atoms with Crippen molar-refractivity contribution >= 4 is 29.1 Å². The van der Waals surface area contributed by atoms with E-state index in [1.165, 1.54) is 21.8 Å². The van der Waals surface area contributed by atoms with E-state index in [9.17, 15) is 14.4 Å². The predicted octanol–water partition coefficient (Wildman–Crippen LogP) is 2.70. The highest BCUT2D eigenvalue weighted by molar-refractivity contribution is 7.17. The average Bonchev–Trinajstić information content (AvgIpc) is 3.13. The Labute approximate surface area is 173 Å². The summed E-state index contributed by atoms with van der Waals surface area (Å²) in [5.74, 6) is -1.52. The van der Waals surface area contributed by atoms with E-state index in [2.05, 4.69) is 11.9 Å². The third-order valence-electron chi connectivity index (χ3n) is 5.07. The van der Waals surface area contributed by atoms with Gasteiger partial charge in [-0.25, -0.2) is 9.78 Å². The van der Waals surface area contributed by atoms with Crippen LogP contribution in [-0.2, 0) is 20.7 Å². The number of aryl methyl sites for hydroxylation is 2. The van der Waals surface area contributed by atoms with Gasteiger partial charge in [0.25, 0.3) is 5.91 Å². The smallest absolute Gasteiger partial charge is 0.350 e. The van der Waals surface area contributed by atoms with Gasteiger partial charge < -0.3 is 15.4 Å². The zero-order chi connectivity index (χ0) is 21.0. The molecule has 0 radical (unpaired) electrons. The van der Waals surface area contributed by atoms with Gasteiger partial charge in [-0.05, 0) is 38.2 Å². The number of amides is 2. The lowest BCUT2D eigenvalue weighted by Crippen LogP contribution is -2.51. The number of aromatic nitrogens is 1. The molecule has 1 aromatic heterocycles. The van der Waals surface area contributed by atoms with Gasteiger partial charge in [-0.15, -0.1) is 11.3 Å². The molecular weight excluding hydrogens is 390 g/mol. The lowest BCUT2D eigenvalue weighted by Gasteiger charge is -2.33. The Morgan fingerprint density at radius 2 is 1.97 bits per heavy atom. The van der Waals surface area contributed by atoms with E-state index in [1.54, 1.807) is 6.92 Å². The number of hydrogen-bond donors (Lipinski definition) is 1. The number of nitrogens with two attached hydrogens (primary N) is 1. The zero-order valence-corrected chi connectivity index (χ0v) is 17.5. The number of carbonyl (C=O) groups is 3. The second-order valence-electron chi connectivity index (χ2n) is 7.06. The molecule has 2 aromatic rings. The molecule has 1 fully saturated rings. The molecule has 1 aromatic carbocycles.